The van der Waals surface area contributed by atoms with Crippen LogP contribution in [0.5, 0.6) is 0 Å². The number of fused-ring (bicyclic) bond motifs is 1. The van der Waals surface area contributed by atoms with E-state index < -0.39 is 17.3 Å². The molecule has 0 radical (unpaired) electrons. The number of hydrogen-bond acceptors (Lipinski definition) is 6. The Kier molecular flexibility index (Phi) is 2.56. The molecule has 2 heterocycles. The summed E-state index contributed by atoms with van der Waals surface area (Å²) in [6.45, 7) is 0. The van der Waals surface area contributed by atoms with Crippen LogP contribution in [-0.4, -0.2) is 20.7 Å². The summed E-state index contributed by atoms with van der Waals surface area (Å²) in [5.74, 6) is -1.36. The van der Waals surface area contributed by atoms with Crippen LogP contribution in [0.4, 0.5) is 10.3 Å². The van der Waals surface area contributed by atoms with Gasteiger partial charge in [0.25, 0.3) is 5.91 Å². The van der Waals surface area contributed by atoms with Crippen LogP contribution >= 0.6 is 0 Å². The average molecular weight is 274 g/mol. The fourth-order valence-corrected chi connectivity index (χ4v) is 1.74. The average Bonchev–Trinajstić information content (AvgIpc) is 2.84. The Morgan fingerprint density at radius 3 is 2.85 bits per heavy atom. The quantitative estimate of drug-likeness (QED) is 0.658. The van der Waals surface area contributed by atoms with Gasteiger partial charge in [-0.3, -0.25) is 4.79 Å². The standard InChI is InChI=1S/C12H7FN4O3/c13-7-1-2-9-6(3-7)4-8(11(19)20-9)10(18)17-5-15-12(14)16-17/h1-5H,(H2,14,16). The highest BCUT2D eigenvalue weighted by Crippen LogP contribution is 2.15. The zero-order valence-electron chi connectivity index (χ0n) is 9.91. The van der Waals surface area contributed by atoms with Crippen molar-refractivity contribution in [3.63, 3.8) is 0 Å². The molecule has 0 saturated carbocycles. The van der Waals surface area contributed by atoms with E-state index in [1.165, 1.54) is 12.1 Å². The second kappa shape index (κ2) is 4.26. The number of rotatable bonds is 1. The highest BCUT2D eigenvalue weighted by atomic mass is 19.1. The largest absolute Gasteiger partial charge is 0.422 e. The maximum absolute atomic E-state index is 13.1. The molecule has 0 saturated heterocycles. The molecular weight excluding hydrogens is 267 g/mol. The van der Waals surface area contributed by atoms with Crippen LogP contribution in [0.1, 0.15) is 10.4 Å². The van der Waals surface area contributed by atoms with E-state index in [1.54, 1.807) is 0 Å². The fourth-order valence-electron chi connectivity index (χ4n) is 1.74. The summed E-state index contributed by atoms with van der Waals surface area (Å²) in [7, 11) is 0. The number of nitrogen functional groups attached to an aromatic ring is 1. The molecular formula is C12H7FN4O3. The molecule has 0 amide bonds. The normalized spacial score (nSPS) is 10.8. The van der Waals surface area contributed by atoms with Crippen molar-refractivity contribution in [3.05, 3.63) is 52.4 Å². The molecule has 0 aliphatic rings. The fraction of sp³-hybridized carbons (Fsp3) is 0. The van der Waals surface area contributed by atoms with Crippen LogP contribution in [0, 0.1) is 5.82 Å². The first-order chi connectivity index (χ1) is 9.54. The summed E-state index contributed by atoms with van der Waals surface area (Å²) in [5.41, 5.74) is 4.35. The lowest BCUT2D eigenvalue weighted by molar-refractivity contribution is 0.0941. The molecule has 20 heavy (non-hydrogen) atoms. The number of nitrogens with two attached hydrogens (primary N) is 1. The molecule has 0 aliphatic heterocycles. The number of carbonyl (C=O) groups is 1. The van der Waals surface area contributed by atoms with Gasteiger partial charge >= 0.3 is 5.63 Å². The van der Waals surface area contributed by atoms with Gasteiger partial charge in [0.2, 0.25) is 5.95 Å². The van der Waals surface area contributed by atoms with Crippen molar-refractivity contribution in [2.24, 2.45) is 0 Å². The molecule has 8 heteroatoms. The predicted octanol–water partition coefficient (Wildman–Crippen LogP) is 0.794. The Morgan fingerprint density at radius 1 is 1.35 bits per heavy atom. The van der Waals surface area contributed by atoms with Gasteiger partial charge < -0.3 is 10.2 Å². The predicted molar refractivity (Wildman–Crippen MR) is 66.6 cm³/mol. The molecule has 0 bridgehead atoms. The zero-order valence-corrected chi connectivity index (χ0v) is 9.91. The maximum Gasteiger partial charge on any atom is 0.349 e. The van der Waals surface area contributed by atoms with E-state index in [4.69, 9.17) is 10.2 Å². The topological polar surface area (TPSA) is 104 Å². The molecule has 2 N–H and O–H groups in total. The maximum atomic E-state index is 13.1. The Labute approximate surface area is 110 Å². The summed E-state index contributed by atoms with van der Waals surface area (Å²) >= 11 is 0. The van der Waals surface area contributed by atoms with E-state index in [0.29, 0.717) is 5.39 Å². The van der Waals surface area contributed by atoms with Gasteiger partial charge in [-0.1, -0.05) is 0 Å². The molecule has 0 unspecified atom stereocenters. The van der Waals surface area contributed by atoms with E-state index in [9.17, 15) is 14.0 Å². The Bertz CT molecular complexity index is 884. The number of nitrogens with zero attached hydrogens (tertiary/aromatic N) is 3. The second-order valence-electron chi connectivity index (χ2n) is 3.98. The lowest BCUT2D eigenvalue weighted by Crippen LogP contribution is -2.21. The third kappa shape index (κ3) is 1.92. The summed E-state index contributed by atoms with van der Waals surface area (Å²) in [4.78, 5) is 27.4. The van der Waals surface area contributed by atoms with Crippen molar-refractivity contribution in [1.82, 2.24) is 14.8 Å². The molecule has 1 aromatic carbocycles. The monoisotopic (exact) mass is 274 g/mol. The van der Waals surface area contributed by atoms with Gasteiger partial charge in [0.1, 0.15) is 23.3 Å². The molecule has 2 aromatic heterocycles. The third-order valence-electron chi connectivity index (χ3n) is 2.64. The lowest BCUT2D eigenvalue weighted by atomic mass is 10.2. The number of anilines is 1. The van der Waals surface area contributed by atoms with Crippen LogP contribution in [0.15, 0.2) is 39.8 Å². The van der Waals surface area contributed by atoms with Crippen LogP contribution in [0.2, 0.25) is 0 Å². The van der Waals surface area contributed by atoms with Crippen molar-refractivity contribution in [1.29, 1.82) is 0 Å². The number of aromatic nitrogens is 3. The highest BCUT2D eigenvalue weighted by molar-refractivity contribution is 5.97. The van der Waals surface area contributed by atoms with E-state index in [2.05, 4.69) is 10.1 Å². The summed E-state index contributed by atoms with van der Waals surface area (Å²) < 4.78 is 18.9. The van der Waals surface area contributed by atoms with Gasteiger partial charge in [-0.25, -0.2) is 14.2 Å². The number of halogens is 1. The summed E-state index contributed by atoms with van der Waals surface area (Å²) in [6, 6.07) is 4.87. The second-order valence-corrected chi connectivity index (χ2v) is 3.98. The van der Waals surface area contributed by atoms with Gasteiger partial charge in [0.15, 0.2) is 0 Å². The minimum absolute atomic E-state index is 0.102. The van der Waals surface area contributed by atoms with Gasteiger partial charge in [-0.2, -0.15) is 4.68 Å². The Hall–Kier alpha value is -3.03. The first-order valence-corrected chi connectivity index (χ1v) is 5.50. The molecule has 3 aromatic rings. The first-order valence-electron chi connectivity index (χ1n) is 5.50. The SMILES string of the molecule is Nc1ncn(C(=O)c2cc3cc(F)ccc3oc2=O)n1. The summed E-state index contributed by atoms with van der Waals surface area (Å²) in [6.07, 6.45) is 1.08. The zero-order chi connectivity index (χ0) is 14.3. The van der Waals surface area contributed by atoms with Crippen molar-refractivity contribution in [2.75, 3.05) is 5.73 Å². The van der Waals surface area contributed by atoms with Gasteiger partial charge in [0, 0.05) is 5.39 Å². The Balaban J connectivity index is 2.18. The van der Waals surface area contributed by atoms with Crippen LogP contribution in [0.3, 0.4) is 0 Å². The lowest BCUT2D eigenvalue weighted by Gasteiger charge is -2.01. The van der Waals surface area contributed by atoms with E-state index in [0.717, 1.165) is 23.1 Å². The molecule has 0 spiro atoms. The van der Waals surface area contributed by atoms with Crippen LogP contribution in [0.25, 0.3) is 11.0 Å². The number of carbonyl (C=O) groups excluding carboxylic acids is 1. The van der Waals surface area contributed by atoms with Crippen LogP contribution in [-0.2, 0) is 0 Å². The van der Waals surface area contributed by atoms with Gasteiger partial charge in [-0.05, 0) is 24.3 Å². The highest BCUT2D eigenvalue weighted by Gasteiger charge is 2.17. The minimum atomic E-state index is -0.844. The molecule has 100 valence electrons. The third-order valence-corrected chi connectivity index (χ3v) is 2.64. The molecule has 7 nitrogen and oxygen atoms in total. The van der Waals surface area contributed by atoms with Gasteiger partial charge in [0.05, 0.1) is 0 Å². The minimum Gasteiger partial charge on any atom is -0.422 e. The van der Waals surface area contributed by atoms with Crippen molar-refractivity contribution >= 4 is 22.8 Å². The smallest absolute Gasteiger partial charge is 0.349 e. The first kappa shape index (κ1) is 12.0. The van der Waals surface area contributed by atoms with E-state index >= 15 is 0 Å². The van der Waals surface area contributed by atoms with Crippen LogP contribution < -0.4 is 11.4 Å². The molecule has 3 rings (SSSR count). The summed E-state index contributed by atoms with van der Waals surface area (Å²) in [5, 5.41) is 3.90. The van der Waals surface area contributed by atoms with Crippen molar-refractivity contribution in [3.8, 4) is 0 Å². The number of benzene rings is 1. The Morgan fingerprint density at radius 2 is 2.15 bits per heavy atom. The van der Waals surface area contributed by atoms with E-state index in [-0.39, 0.29) is 17.1 Å². The molecule has 0 aliphatic carbocycles. The van der Waals surface area contributed by atoms with Gasteiger partial charge in [-0.15, -0.1) is 5.10 Å². The molecule has 0 atom stereocenters. The van der Waals surface area contributed by atoms with E-state index in [1.807, 2.05) is 0 Å². The molecule has 0 fully saturated rings. The van der Waals surface area contributed by atoms with Crippen molar-refractivity contribution < 1.29 is 13.6 Å². The number of hydrogen-bond donors (Lipinski definition) is 1. The van der Waals surface area contributed by atoms with Crippen molar-refractivity contribution in [2.45, 2.75) is 0 Å².